The average molecular weight is 352 g/mol. The monoisotopic (exact) mass is 352 g/mol. The highest BCUT2D eigenvalue weighted by Crippen LogP contribution is 2.33. The molecule has 2 heterocycles. The van der Waals surface area contributed by atoms with Gasteiger partial charge in [0.05, 0.1) is 24.7 Å². The molecule has 0 aliphatic carbocycles. The molecule has 0 bridgehead atoms. The second-order valence-electron chi connectivity index (χ2n) is 5.51. The lowest BCUT2D eigenvalue weighted by molar-refractivity contribution is 0.383. The Hall–Kier alpha value is -2.62. The molecule has 0 atom stereocenters. The van der Waals surface area contributed by atoms with E-state index in [-0.39, 0.29) is 28.5 Å². The predicted molar refractivity (Wildman–Crippen MR) is 92.1 cm³/mol. The van der Waals surface area contributed by atoms with Crippen molar-refractivity contribution in [3.8, 4) is 5.88 Å². The number of aromatic nitrogens is 3. The molecule has 2 aromatic rings. The Bertz CT molecular complexity index is 867. The van der Waals surface area contributed by atoms with Crippen LogP contribution in [0.5, 0.6) is 5.88 Å². The lowest BCUT2D eigenvalue weighted by Crippen LogP contribution is -2.10. The van der Waals surface area contributed by atoms with E-state index < -0.39 is 9.84 Å². The topological polar surface area (TPSA) is 146 Å². The lowest BCUT2D eigenvalue weighted by Gasteiger charge is -2.17. The predicted octanol–water partition coefficient (Wildman–Crippen LogP) is 1.32. The van der Waals surface area contributed by atoms with Gasteiger partial charge in [-0.05, 0) is 12.0 Å². The van der Waals surface area contributed by atoms with Crippen LogP contribution in [0.1, 0.15) is 25.5 Å². The Balaban J connectivity index is 2.62. The van der Waals surface area contributed by atoms with Crippen LogP contribution in [0.4, 0.5) is 23.1 Å². The van der Waals surface area contributed by atoms with Crippen molar-refractivity contribution in [2.45, 2.75) is 24.7 Å². The molecule has 0 spiro atoms. The van der Waals surface area contributed by atoms with Crippen molar-refractivity contribution in [1.29, 1.82) is 0 Å². The zero-order chi connectivity index (χ0) is 18.1. The molecular weight excluding hydrogens is 332 g/mol. The third-order valence-electron chi connectivity index (χ3n) is 3.23. The molecule has 24 heavy (non-hydrogen) atoms. The molecule has 0 aliphatic heterocycles. The Labute approximate surface area is 140 Å². The van der Waals surface area contributed by atoms with E-state index in [0.717, 1.165) is 6.26 Å². The first-order chi connectivity index (χ1) is 11.1. The molecule has 0 amide bonds. The third-order valence-corrected chi connectivity index (χ3v) is 4.32. The van der Waals surface area contributed by atoms with Crippen molar-refractivity contribution in [3.05, 3.63) is 18.0 Å². The fourth-order valence-corrected chi connectivity index (χ4v) is 2.87. The van der Waals surface area contributed by atoms with Gasteiger partial charge in [0, 0.05) is 6.26 Å². The van der Waals surface area contributed by atoms with Crippen molar-refractivity contribution >= 4 is 33.0 Å². The molecular formula is C14H20N6O3S. The number of methoxy groups -OCH3 is 1. The summed E-state index contributed by atoms with van der Waals surface area (Å²) in [6.07, 6.45) is 2.51. The standard InChI is InChI=1S/C14H20N6O3S/c1-7(2)11-8(18-9-6-17-14(16)20-12(9)15)5-10(24(4,21)22)13(19-11)23-3/h5-7,18H,1-4H3,(H4,15,16,17,20). The van der Waals surface area contributed by atoms with Crippen LogP contribution in [-0.4, -0.2) is 36.7 Å². The lowest BCUT2D eigenvalue weighted by atomic mass is 10.1. The van der Waals surface area contributed by atoms with Gasteiger partial charge in [0.15, 0.2) is 15.7 Å². The number of anilines is 4. The van der Waals surface area contributed by atoms with Gasteiger partial charge in [-0.15, -0.1) is 0 Å². The molecule has 0 aromatic carbocycles. The van der Waals surface area contributed by atoms with E-state index >= 15 is 0 Å². The van der Waals surface area contributed by atoms with Gasteiger partial charge >= 0.3 is 0 Å². The highest BCUT2D eigenvalue weighted by Gasteiger charge is 2.21. The summed E-state index contributed by atoms with van der Waals surface area (Å²) >= 11 is 0. The molecule has 0 radical (unpaired) electrons. The van der Waals surface area contributed by atoms with Crippen LogP contribution < -0.4 is 21.5 Å². The molecule has 130 valence electrons. The summed E-state index contributed by atoms with van der Waals surface area (Å²) in [5.41, 5.74) is 12.8. The van der Waals surface area contributed by atoms with Crippen molar-refractivity contribution in [2.24, 2.45) is 0 Å². The van der Waals surface area contributed by atoms with Crippen LogP contribution in [0.25, 0.3) is 0 Å². The fraction of sp³-hybridized carbons (Fsp3) is 0.357. The highest BCUT2D eigenvalue weighted by molar-refractivity contribution is 7.90. The van der Waals surface area contributed by atoms with Gasteiger partial charge < -0.3 is 21.5 Å². The molecule has 0 saturated carbocycles. The van der Waals surface area contributed by atoms with Gasteiger partial charge in [0.1, 0.15) is 10.6 Å². The number of hydrogen-bond donors (Lipinski definition) is 3. The van der Waals surface area contributed by atoms with E-state index in [1.54, 1.807) is 0 Å². The van der Waals surface area contributed by atoms with Gasteiger partial charge in [-0.3, -0.25) is 0 Å². The number of nitrogen functional groups attached to an aromatic ring is 2. The average Bonchev–Trinajstić information content (AvgIpc) is 2.48. The number of ether oxygens (including phenoxy) is 1. The van der Waals surface area contributed by atoms with Crippen LogP contribution in [0.15, 0.2) is 17.2 Å². The van der Waals surface area contributed by atoms with Crippen molar-refractivity contribution in [3.63, 3.8) is 0 Å². The minimum absolute atomic E-state index is 0.00550. The largest absolute Gasteiger partial charge is 0.480 e. The van der Waals surface area contributed by atoms with Gasteiger partial charge in [0.2, 0.25) is 11.8 Å². The molecule has 0 unspecified atom stereocenters. The second kappa shape index (κ2) is 6.48. The molecule has 0 saturated heterocycles. The number of nitrogens with one attached hydrogen (secondary N) is 1. The molecule has 2 rings (SSSR count). The maximum absolute atomic E-state index is 12.0. The Morgan fingerprint density at radius 2 is 1.88 bits per heavy atom. The van der Waals surface area contributed by atoms with Gasteiger partial charge in [-0.1, -0.05) is 13.8 Å². The summed E-state index contributed by atoms with van der Waals surface area (Å²) in [7, 11) is -2.15. The highest BCUT2D eigenvalue weighted by atomic mass is 32.2. The summed E-state index contributed by atoms with van der Waals surface area (Å²) < 4.78 is 29.1. The molecule has 0 fully saturated rings. The Morgan fingerprint density at radius 1 is 1.21 bits per heavy atom. The quantitative estimate of drug-likeness (QED) is 0.724. The summed E-state index contributed by atoms with van der Waals surface area (Å²) in [6, 6.07) is 1.46. The fourth-order valence-electron chi connectivity index (χ4n) is 2.09. The minimum Gasteiger partial charge on any atom is -0.480 e. The number of nitrogens with zero attached hydrogens (tertiary/aromatic N) is 3. The summed E-state index contributed by atoms with van der Waals surface area (Å²) in [4.78, 5) is 12.1. The minimum atomic E-state index is -3.53. The first kappa shape index (κ1) is 17.7. The molecule has 5 N–H and O–H groups in total. The summed E-state index contributed by atoms with van der Waals surface area (Å²) in [5, 5.41) is 3.03. The molecule has 9 nitrogen and oxygen atoms in total. The molecule has 0 aliphatic rings. The van der Waals surface area contributed by atoms with Gasteiger partial charge in [-0.25, -0.2) is 18.4 Å². The van der Waals surface area contributed by atoms with Gasteiger partial charge in [0.25, 0.3) is 0 Å². The molecule has 2 aromatic heterocycles. The SMILES string of the molecule is COc1nc(C(C)C)c(Nc2cnc(N)nc2N)cc1S(C)(=O)=O. The number of nitrogens with two attached hydrogens (primary N) is 2. The maximum Gasteiger partial charge on any atom is 0.232 e. The number of pyridine rings is 1. The van der Waals surface area contributed by atoms with E-state index in [9.17, 15) is 8.42 Å². The number of hydrogen-bond acceptors (Lipinski definition) is 9. The summed E-state index contributed by atoms with van der Waals surface area (Å²) in [6.45, 7) is 3.85. The normalized spacial score (nSPS) is 11.5. The number of sulfone groups is 1. The van der Waals surface area contributed by atoms with Crippen LogP contribution in [0.3, 0.4) is 0 Å². The van der Waals surface area contributed by atoms with Crippen LogP contribution in [-0.2, 0) is 9.84 Å². The van der Waals surface area contributed by atoms with E-state index in [0.29, 0.717) is 17.1 Å². The Kier molecular flexibility index (Phi) is 4.78. The zero-order valence-corrected chi connectivity index (χ0v) is 14.7. The van der Waals surface area contributed by atoms with Crippen molar-refractivity contribution in [2.75, 3.05) is 30.1 Å². The van der Waals surface area contributed by atoms with E-state index in [2.05, 4.69) is 20.3 Å². The summed E-state index contributed by atoms with van der Waals surface area (Å²) in [5.74, 6) is 0.250. The van der Waals surface area contributed by atoms with E-state index in [1.807, 2.05) is 13.8 Å². The first-order valence-corrected chi connectivity index (χ1v) is 8.96. The number of rotatable bonds is 5. The molecule has 10 heteroatoms. The smallest absolute Gasteiger partial charge is 0.232 e. The zero-order valence-electron chi connectivity index (χ0n) is 13.9. The maximum atomic E-state index is 12.0. The van der Waals surface area contributed by atoms with Crippen LogP contribution in [0.2, 0.25) is 0 Å². The van der Waals surface area contributed by atoms with E-state index in [1.165, 1.54) is 19.4 Å². The van der Waals surface area contributed by atoms with Crippen molar-refractivity contribution in [1.82, 2.24) is 15.0 Å². The van der Waals surface area contributed by atoms with E-state index in [4.69, 9.17) is 16.2 Å². The second-order valence-corrected chi connectivity index (χ2v) is 7.49. The van der Waals surface area contributed by atoms with Crippen LogP contribution in [0, 0.1) is 0 Å². The van der Waals surface area contributed by atoms with Crippen molar-refractivity contribution < 1.29 is 13.2 Å². The van der Waals surface area contributed by atoms with Crippen LogP contribution >= 0.6 is 0 Å². The Morgan fingerprint density at radius 3 is 2.38 bits per heavy atom. The third kappa shape index (κ3) is 3.65. The first-order valence-electron chi connectivity index (χ1n) is 7.07. The van der Waals surface area contributed by atoms with Gasteiger partial charge in [-0.2, -0.15) is 4.98 Å².